The van der Waals surface area contributed by atoms with Gasteiger partial charge in [-0.15, -0.1) is 0 Å². The highest BCUT2D eigenvalue weighted by Gasteiger charge is 2.47. The van der Waals surface area contributed by atoms with E-state index >= 15 is 0 Å². The monoisotopic (exact) mass is 613 g/mol. The first kappa shape index (κ1) is 31.8. The third-order valence-electron chi connectivity index (χ3n) is 7.44. The smallest absolute Gasteiger partial charge is 0.305 e. The third kappa shape index (κ3) is 5.89. The number of hydrogen-bond acceptors (Lipinski definition) is 9. The Morgan fingerprint density at radius 2 is 1.09 bits per heavy atom. The molecule has 0 bridgehead atoms. The van der Waals surface area contributed by atoms with Crippen molar-refractivity contribution in [1.82, 2.24) is 8.61 Å². The number of methoxy groups -OCH3 is 6. The van der Waals surface area contributed by atoms with Crippen LogP contribution in [0.5, 0.6) is 34.5 Å². The van der Waals surface area contributed by atoms with Gasteiger partial charge in [0.25, 0.3) is 0 Å². The maximum atomic E-state index is 14.5. The van der Waals surface area contributed by atoms with Crippen LogP contribution in [-0.2, 0) is 10.2 Å². The zero-order valence-corrected chi connectivity index (χ0v) is 26.6. The topological polar surface area (TPSA) is 108 Å². The van der Waals surface area contributed by atoms with Gasteiger partial charge in [-0.1, -0.05) is 26.0 Å². The van der Waals surface area contributed by atoms with Gasteiger partial charge in [-0.2, -0.15) is 12.7 Å². The van der Waals surface area contributed by atoms with E-state index in [1.54, 1.807) is 64.8 Å². The Morgan fingerprint density at radius 1 is 0.651 bits per heavy atom. The Kier molecular flexibility index (Phi) is 9.92. The average molecular weight is 614 g/mol. The summed E-state index contributed by atoms with van der Waals surface area (Å²) in [5, 5.41) is 0. The minimum atomic E-state index is -4.10. The molecule has 4 rings (SSSR count). The second kappa shape index (κ2) is 13.4. The highest BCUT2D eigenvalue weighted by atomic mass is 32.2. The second-order valence-corrected chi connectivity index (χ2v) is 11.3. The van der Waals surface area contributed by atoms with Crippen LogP contribution in [0, 0.1) is 0 Å². The number of rotatable bonds is 13. The standard InChI is InChI=1S/C31H39N3O8S/c1-9-33(10-2)43(35,36)34-30(21-12-15-24(38-4)27(18-21)41-7)29(20-11-14-23(37-3)26(17-20)40-6)32-31(34)22-13-16-25(39-5)28(19-22)42-8/h11-19,29-30H,9-10H2,1-8H3. The van der Waals surface area contributed by atoms with E-state index in [0.717, 1.165) is 5.56 Å². The van der Waals surface area contributed by atoms with E-state index in [9.17, 15) is 8.42 Å². The van der Waals surface area contributed by atoms with Crippen LogP contribution in [0.25, 0.3) is 0 Å². The minimum absolute atomic E-state index is 0.257. The van der Waals surface area contributed by atoms with Crippen molar-refractivity contribution in [2.45, 2.75) is 25.9 Å². The fourth-order valence-electron chi connectivity index (χ4n) is 5.27. The fourth-order valence-corrected chi connectivity index (χ4v) is 7.07. The first-order chi connectivity index (χ1) is 20.7. The summed E-state index contributed by atoms with van der Waals surface area (Å²) in [6.07, 6.45) is 0. The lowest BCUT2D eigenvalue weighted by Crippen LogP contribution is -2.47. The normalized spacial score (nSPS) is 16.6. The van der Waals surface area contributed by atoms with E-state index in [2.05, 4.69) is 0 Å². The molecule has 1 aliphatic rings. The molecule has 43 heavy (non-hydrogen) atoms. The van der Waals surface area contributed by atoms with Gasteiger partial charge in [0.1, 0.15) is 11.9 Å². The molecular formula is C31H39N3O8S. The number of hydrogen-bond donors (Lipinski definition) is 0. The van der Waals surface area contributed by atoms with Crippen LogP contribution in [0.15, 0.2) is 59.6 Å². The molecule has 1 aliphatic heterocycles. The summed E-state index contributed by atoms with van der Waals surface area (Å²) < 4.78 is 65.0. The molecule has 3 aromatic rings. The van der Waals surface area contributed by atoms with Crippen molar-refractivity contribution in [1.29, 1.82) is 0 Å². The van der Waals surface area contributed by atoms with Crippen LogP contribution < -0.4 is 28.4 Å². The molecule has 0 radical (unpaired) electrons. The van der Waals surface area contributed by atoms with Crippen LogP contribution in [-0.4, -0.2) is 78.6 Å². The van der Waals surface area contributed by atoms with Gasteiger partial charge >= 0.3 is 10.2 Å². The maximum absolute atomic E-state index is 14.5. The van der Waals surface area contributed by atoms with Crippen molar-refractivity contribution in [3.63, 3.8) is 0 Å². The number of nitrogens with zero attached hydrogens (tertiary/aromatic N) is 3. The van der Waals surface area contributed by atoms with Gasteiger partial charge in [-0.05, 0) is 53.6 Å². The van der Waals surface area contributed by atoms with Crippen LogP contribution in [0.3, 0.4) is 0 Å². The summed E-state index contributed by atoms with van der Waals surface area (Å²) in [5.74, 6) is 3.24. The molecule has 1 heterocycles. The Bertz CT molecular complexity index is 1570. The zero-order valence-electron chi connectivity index (χ0n) is 25.8. The summed E-state index contributed by atoms with van der Waals surface area (Å²) in [6, 6.07) is 14.6. The van der Waals surface area contributed by atoms with E-state index in [4.69, 9.17) is 33.4 Å². The summed E-state index contributed by atoms with van der Waals surface area (Å²) in [6.45, 7) is 4.16. The Balaban J connectivity index is 2.05. The SMILES string of the molecule is CCN(CC)S(=O)(=O)N1C(c2ccc(OC)c(OC)c2)=NC(c2ccc(OC)c(OC)c2)C1c1ccc(OC)c(OC)c1. The van der Waals surface area contributed by atoms with E-state index < -0.39 is 22.3 Å². The molecule has 0 aromatic heterocycles. The fraction of sp³-hybridized carbons (Fsp3) is 0.387. The molecule has 12 heteroatoms. The third-order valence-corrected chi connectivity index (χ3v) is 9.51. The first-order valence-corrected chi connectivity index (χ1v) is 15.2. The van der Waals surface area contributed by atoms with Crippen molar-refractivity contribution >= 4 is 16.0 Å². The molecule has 0 amide bonds. The van der Waals surface area contributed by atoms with Gasteiger partial charge in [-0.25, -0.2) is 4.31 Å². The second-order valence-electron chi connectivity index (χ2n) is 9.53. The Labute approximate surface area is 253 Å². The Hall–Kier alpha value is -4.16. The highest BCUT2D eigenvalue weighted by molar-refractivity contribution is 7.87. The molecular weight excluding hydrogens is 574 g/mol. The first-order valence-electron chi connectivity index (χ1n) is 13.8. The van der Waals surface area contributed by atoms with Crippen molar-refractivity contribution in [3.8, 4) is 34.5 Å². The highest BCUT2D eigenvalue weighted by Crippen LogP contribution is 2.48. The predicted octanol–water partition coefficient (Wildman–Crippen LogP) is 4.87. The number of benzene rings is 3. The minimum Gasteiger partial charge on any atom is -0.493 e. The van der Waals surface area contributed by atoms with E-state index in [-0.39, 0.29) is 18.9 Å². The van der Waals surface area contributed by atoms with E-state index in [1.807, 2.05) is 32.0 Å². The van der Waals surface area contributed by atoms with Gasteiger partial charge in [-0.3, -0.25) is 4.99 Å². The zero-order chi connectivity index (χ0) is 31.3. The molecule has 2 unspecified atom stereocenters. The van der Waals surface area contributed by atoms with Crippen LogP contribution in [0.2, 0.25) is 0 Å². The number of aliphatic imine (C=N–C) groups is 1. The van der Waals surface area contributed by atoms with Crippen molar-refractivity contribution in [3.05, 3.63) is 71.3 Å². The van der Waals surface area contributed by atoms with Gasteiger partial charge in [0.15, 0.2) is 34.5 Å². The number of amidine groups is 1. The number of ether oxygens (including phenoxy) is 6. The van der Waals surface area contributed by atoms with Gasteiger partial charge < -0.3 is 28.4 Å². The van der Waals surface area contributed by atoms with E-state index in [1.165, 1.54) is 22.8 Å². The molecule has 232 valence electrons. The maximum Gasteiger partial charge on any atom is 0.305 e. The molecule has 3 aromatic carbocycles. The summed E-state index contributed by atoms with van der Waals surface area (Å²) in [5.41, 5.74) is 1.93. The van der Waals surface area contributed by atoms with E-state index in [0.29, 0.717) is 45.6 Å². The van der Waals surface area contributed by atoms with Crippen LogP contribution in [0.1, 0.15) is 42.6 Å². The lowest BCUT2D eigenvalue weighted by Gasteiger charge is -2.34. The van der Waals surface area contributed by atoms with Gasteiger partial charge in [0.2, 0.25) is 0 Å². The molecule has 0 saturated heterocycles. The Morgan fingerprint density at radius 3 is 1.58 bits per heavy atom. The molecule has 11 nitrogen and oxygen atoms in total. The lowest BCUT2D eigenvalue weighted by atomic mass is 9.94. The van der Waals surface area contributed by atoms with Crippen LogP contribution in [0.4, 0.5) is 0 Å². The van der Waals surface area contributed by atoms with Crippen molar-refractivity contribution in [2.24, 2.45) is 4.99 Å². The quantitative estimate of drug-likeness (QED) is 0.269. The summed E-state index contributed by atoms with van der Waals surface area (Å²) in [7, 11) is 5.18. The average Bonchev–Trinajstić information content (AvgIpc) is 3.45. The predicted molar refractivity (Wildman–Crippen MR) is 164 cm³/mol. The summed E-state index contributed by atoms with van der Waals surface area (Å²) >= 11 is 0. The van der Waals surface area contributed by atoms with Crippen molar-refractivity contribution < 1.29 is 36.8 Å². The van der Waals surface area contributed by atoms with Gasteiger partial charge in [0, 0.05) is 18.7 Å². The molecule has 2 atom stereocenters. The molecule has 0 N–H and O–H groups in total. The van der Waals surface area contributed by atoms with Gasteiger partial charge in [0.05, 0.1) is 48.7 Å². The summed E-state index contributed by atoms with van der Waals surface area (Å²) in [4.78, 5) is 5.12. The lowest BCUT2D eigenvalue weighted by molar-refractivity contribution is 0.345. The largest absolute Gasteiger partial charge is 0.493 e. The molecule has 0 saturated carbocycles. The molecule has 0 fully saturated rings. The molecule has 0 spiro atoms. The van der Waals surface area contributed by atoms with Crippen LogP contribution >= 0.6 is 0 Å². The molecule has 0 aliphatic carbocycles. The van der Waals surface area contributed by atoms with Crippen molar-refractivity contribution in [2.75, 3.05) is 55.7 Å².